The Balaban J connectivity index is 2.41. The van der Waals surface area contributed by atoms with E-state index in [1.807, 2.05) is 0 Å². The number of hydrogen-bond donors (Lipinski definition) is 1. The van der Waals surface area contributed by atoms with Crippen molar-refractivity contribution < 1.29 is 0 Å². The lowest BCUT2D eigenvalue weighted by Crippen LogP contribution is -2.37. The van der Waals surface area contributed by atoms with Crippen molar-refractivity contribution in [3.05, 3.63) is 0 Å². The number of hydrogen-bond acceptors (Lipinski definition) is 1. The summed E-state index contributed by atoms with van der Waals surface area (Å²) in [5, 5.41) is 0. The number of nitrogens with zero attached hydrogens (tertiary/aromatic N) is 2. The van der Waals surface area contributed by atoms with E-state index in [4.69, 9.17) is 5.73 Å². The zero-order valence-electron chi connectivity index (χ0n) is 7.38. The first kappa shape index (κ1) is 8.37. The lowest BCUT2D eigenvalue weighted by Gasteiger charge is -2.19. The second kappa shape index (κ2) is 3.60. The van der Waals surface area contributed by atoms with E-state index < -0.39 is 0 Å². The average molecular weight is 155 g/mol. The standard InChI is InChI=1S/C8H17N3/c1-3-11(4-2)8(9)10-7-5-6-7/h7H,3-6H2,1-2H3,(H2,9,10). The molecule has 1 saturated carbocycles. The highest BCUT2D eigenvalue weighted by molar-refractivity contribution is 5.78. The van der Waals surface area contributed by atoms with Gasteiger partial charge in [0.05, 0.1) is 6.04 Å². The van der Waals surface area contributed by atoms with Crippen LogP contribution in [0.2, 0.25) is 0 Å². The minimum absolute atomic E-state index is 0.538. The smallest absolute Gasteiger partial charge is 0.191 e. The van der Waals surface area contributed by atoms with Gasteiger partial charge in [0.25, 0.3) is 0 Å². The van der Waals surface area contributed by atoms with Crippen molar-refractivity contribution in [2.24, 2.45) is 10.7 Å². The zero-order valence-corrected chi connectivity index (χ0v) is 7.38. The van der Waals surface area contributed by atoms with Gasteiger partial charge in [-0.15, -0.1) is 0 Å². The van der Waals surface area contributed by atoms with Crippen LogP contribution in [0.15, 0.2) is 4.99 Å². The lowest BCUT2D eigenvalue weighted by atomic mass is 10.5. The summed E-state index contributed by atoms with van der Waals surface area (Å²) >= 11 is 0. The normalized spacial score (nSPS) is 18.5. The van der Waals surface area contributed by atoms with Crippen LogP contribution in [-0.2, 0) is 0 Å². The molecule has 3 nitrogen and oxygen atoms in total. The Kier molecular flexibility index (Phi) is 2.74. The Morgan fingerprint density at radius 1 is 1.45 bits per heavy atom. The summed E-state index contributed by atoms with van der Waals surface area (Å²) in [5.41, 5.74) is 5.76. The molecule has 0 spiro atoms. The fourth-order valence-corrected chi connectivity index (χ4v) is 1.02. The molecule has 64 valence electrons. The molecular weight excluding hydrogens is 138 g/mol. The monoisotopic (exact) mass is 155 g/mol. The Bertz CT molecular complexity index is 145. The maximum Gasteiger partial charge on any atom is 0.191 e. The molecule has 0 aliphatic heterocycles. The van der Waals surface area contributed by atoms with Gasteiger partial charge in [-0.1, -0.05) is 0 Å². The van der Waals surface area contributed by atoms with Crippen molar-refractivity contribution >= 4 is 5.96 Å². The molecule has 0 saturated heterocycles. The summed E-state index contributed by atoms with van der Waals surface area (Å²) in [6.07, 6.45) is 2.45. The summed E-state index contributed by atoms with van der Waals surface area (Å²) in [6.45, 7) is 6.11. The van der Waals surface area contributed by atoms with Gasteiger partial charge in [-0.25, -0.2) is 4.99 Å². The van der Waals surface area contributed by atoms with Crippen molar-refractivity contribution in [2.75, 3.05) is 13.1 Å². The molecule has 1 rings (SSSR count). The Labute approximate surface area is 68.3 Å². The Morgan fingerprint density at radius 2 is 2.00 bits per heavy atom. The van der Waals surface area contributed by atoms with E-state index in [2.05, 4.69) is 23.7 Å². The van der Waals surface area contributed by atoms with E-state index in [0.717, 1.165) is 19.0 Å². The molecule has 0 bridgehead atoms. The van der Waals surface area contributed by atoms with Gasteiger partial charge < -0.3 is 10.6 Å². The summed E-state index contributed by atoms with van der Waals surface area (Å²) in [6, 6.07) is 0.538. The van der Waals surface area contributed by atoms with Gasteiger partial charge in [0.15, 0.2) is 5.96 Å². The predicted molar refractivity (Wildman–Crippen MR) is 47.6 cm³/mol. The van der Waals surface area contributed by atoms with Crippen molar-refractivity contribution in [3.63, 3.8) is 0 Å². The van der Waals surface area contributed by atoms with Gasteiger partial charge in [-0.05, 0) is 26.7 Å². The summed E-state index contributed by atoms with van der Waals surface area (Å²) in [4.78, 5) is 6.43. The Hall–Kier alpha value is -0.730. The summed E-state index contributed by atoms with van der Waals surface area (Å²) in [5.74, 6) is 0.720. The summed E-state index contributed by atoms with van der Waals surface area (Å²) in [7, 11) is 0. The lowest BCUT2D eigenvalue weighted by molar-refractivity contribution is 0.458. The first-order valence-corrected chi connectivity index (χ1v) is 4.36. The van der Waals surface area contributed by atoms with Gasteiger partial charge >= 0.3 is 0 Å². The van der Waals surface area contributed by atoms with Crippen LogP contribution in [0.4, 0.5) is 0 Å². The van der Waals surface area contributed by atoms with E-state index in [1.54, 1.807) is 0 Å². The van der Waals surface area contributed by atoms with Crippen molar-refractivity contribution in [1.29, 1.82) is 0 Å². The molecule has 2 N–H and O–H groups in total. The predicted octanol–water partition coefficient (Wildman–Crippen LogP) is 0.805. The van der Waals surface area contributed by atoms with E-state index in [0.29, 0.717) is 6.04 Å². The van der Waals surface area contributed by atoms with Gasteiger partial charge in [0.2, 0.25) is 0 Å². The second-order valence-electron chi connectivity index (χ2n) is 2.89. The topological polar surface area (TPSA) is 41.6 Å². The highest BCUT2D eigenvalue weighted by Gasteiger charge is 2.21. The van der Waals surface area contributed by atoms with Crippen LogP contribution in [0.5, 0.6) is 0 Å². The molecule has 0 amide bonds. The molecule has 0 aromatic rings. The molecule has 0 radical (unpaired) electrons. The first-order valence-electron chi connectivity index (χ1n) is 4.36. The largest absolute Gasteiger partial charge is 0.370 e. The summed E-state index contributed by atoms with van der Waals surface area (Å²) < 4.78 is 0. The van der Waals surface area contributed by atoms with E-state index in [1.165, 1.54) is 12.8 Å². The van der Waals surface area contributed by atoms with Crippen molar-refractivity contribution in [2.45, 2.75) is 32.7 Å². The van der Waals surface area contributed by atoms with Gasteiger partial charge in [-0.3, -0.25) is 0 Å². The number of guanidine groups is 1. The van der Waals surface area contributed by atoms with Gasteiger partial charge in [0.1, 0.15) is 0 Å². The maximum absolute atomic E-state index is 5.76. The molecule has 1 aliphatic carbocycles. The van der Waals surface area contributed by atoms with Crippen molar-refractivity contribution in [3.8, 4) is 0 Å². The SMILES string of the molecule is CCN(CC)C(N)=NC1CC1. The van der Waals surface area contributed by atoms with Gasteiger partial charge in [-0.2, -0.15) is 0 Å². The minimum Gasteiger partial charge on any atom is -0.370 e. The first-order chi connectivity index (χ1) is 5.27. The van der Waals surface area contributed by atoms with Crippen LogP contribution in [0.25, 0.3) is 0 Å². The molecule has 1 aliphatic rings. The molecular formula is C8H17N3. The van der Waals surface area contributed by atoms with Crippen molar-refractivity contribution in [1.82, 2.24) is 4.90 Å². The van der Waals surface area contributed by atoms with E-state index >= 15 is 0 Å². The van der Waals surface area contributed by atoms with Crippen LogP contribution >= 0.6 is 0 Å². The molecule has 0 aromatic carbocycles. The molecule has 3 heteroatoms. The molecule has 0 atom stereocenters. The number of aliphatic imine (C=N–C) groups is 1. The van der Waals surface area contributed by atoms with Crippen LogP contribution < -0.4 is 5.73 Å². The third-order valence-electron chi connectivity index (χ3n) is 1.95. The average Bonchev–Trinajstić information content (AvgIpc) is 2.74. The molecule has 0 heterocycles. The number of nitrogens with two attached hydrogens (primary N) is 1. The van der Waals surface area contributed by atoms with Crippen LogP contribution in [-0.4, -0.2) is 30.0 Å². The maximum atomic E-state index is 5.76. The second-order valence-corrected chi connectivity index (χ2v) is 2.89. The van der Waals surface area contributed by atoms with Crippen LogP contribution in [0, 0.1) is 0 Å². The minimum atomic E-state index is 0.538. The van der Waals surface area contributed by atoms with E-state index in [9.17, 15) is 0 Å². The molecule has 1 fully saturated rings. The molecule has 0 aromatic heterocycles. The molecule has 11 heavy (non-hydrogen) atoms. The highest BCUT2D eigenvalue weighted by atomic mass is 15.2. The quantitative estimate of drug-likeness (QED) is 0.484. The van der Waals surface area contributed by atoms with Crippen LogP contribution in [0.1, 0.15) is 26.7 Å². The van der Waals surface area contributed by atoms with Gasteiger partial charge in [0, 0.05) is 13.1 Å². The van der Waals surface area contributed by atoms with E-state index in [-0.39, 0.29) is 0 Å². The highest BCUT2D eigenvalue weighted by Crippen LogP contribution is 2.23. The van der Waals surface area contributed by atoms with Crippen LogP contribution in [0.3, 0.4) is 0 Å². The number of rotatable bonds is 3. The fourth-order valence-electron chi connectivity index (χ4n) is 1.02. The third-order valence-corrected chi connectivity index (χ3v) is 1.95. The molecule has 0 unspecified atom stereocenters. The fraction of sp³-hybridized carbons (Fsp3) is 0.875. The third kappa shape index (κ3) is 2.41. The zero-order chi connectivity index (χ0) is 8.27. The Morgan fingerprint density at radius 3 is 2.36 bits per heavy atom.